The predicted molar refractivity (Wildman–Crippen MR) is 159 cm³/mol. The zero-order valence-corrected chi connectivity index (χ0v) is 23.9. The summed E-state index contributed by atoms with van der Waals surface area (Å²) in [7, 11) is 0. The quantitative estimate of drug-likeness (QED) is 0.372. The number of aliphatic imine (C=N–C) groups is 2. The van der Waals surface area contributed by atoms with E-state index in [-0.39, 0.29) is 0 Å². The molecule has 2 aromatic heterocycles. The van der Waals surface area contributed by atoms with Crippen LogP contribution in [0.4, 0.5) is 5.69 Å². The molecule has 3 fully saturated rings. The van der Waals surface area contributed by atoms with Gasteiger partial charge in [-0.1, -0.05) is 23.8 Å². The van der Waals surface area contributed by atoms with E-state index >= 15 is 0 Å². The van der Waals surface area contributed by atoms with Gasteiger partial charge in [0.2, 0.25) is 0 Å². The summed E-state index contributed by atoms with van der Waals surface area (Å²) < 4.78 is 7.30. The third kappa shape index (κ3) is 6.17. The number of hydrogen-bond acceptors (Lipinski definition) is 6. The number of aromatic nitrogens is 2. The molecule has 5 heterocycles. The van der Waals surface area contributed by atoms with Crippen molar-refractivity contribution in [2.24, 2.45) is 15.4 Å². The van der Waals surface area contributed by atoms with Crippen molar-refractivity contribution in [3.63, 3.8) is 0 Å². The molecule has 3 aromatic rings. The zero-order valence-electron chi connectivity index (χ0n) is 23.1. The molecule has 1 spiro atoms. The second-order valence-corrected chi connectivity index (χ2v) is 12.2. The van der Waals surface area contributed by atoms with Gasteiger partial charge in [0.15, 0.2) is 0 Å². The van der Waals surface area contributed by atoms with Gasteiger partial charge in [0.05, 0.1) is 30.9 Å². The van der Waals surface area contributed by atoms with Crippen LogP contribution in [0.25, 0.3) is 11.3 Å². The minimum absolute atomic E-state index is 0.522. The Morgan fingerprint density at radius 2 is 1.97 bits per heavy atom. The Bertz CT molecular complexity index is 1330. The van der Waals surface area contributed by atoms with Crippen LogP contribution in [0.5, 0.6) is 0 Å². The van der Waals surface area contributed by atoms with E-state index in [2.05, 4.69) is 58.6 Å². The molecule has 39 heavy (non-hydrogen) atoms. The minimum Gasteiger partial charge on any atom is -0.378 e. The molecule has 3 aliphatic heterocycles. The van der Waals surface area contributed by atoms with E-state index in [1.165, 1.54) is 48.4 Å². The molecule has 0 atom stereocenters. The summed E-state index contributed by atoms with van der Waals surface area (Å²) in [5.41, 5.74) is 5.97. The standard InChI is InChI=1S/C30H39N7OS/c1-23-4-3-5-25(18-23)26-6-12-37(34-26)29(32-22-35-14-16-38-17-15-35)33-27-20-39-28(24(27)2)19-36-13-9-30(21-36)7-10-31-11-8-30/h3-6,12,18,20,22,31H,7-11,13-17,19,21H2,1-2H3/b32-22+,33-29+. The van der Waals surface area contributed by atoms with Crippen LogP contribution in [0.3, 0.4) is 0 Å². The third-order valence-corrected chi connectivity index (χ3v) is 9.44. The van der Waals surface area contributed by atoms with Crippen molar-refractivity contribution in [2.75, 3.05) is 52.5 Å². The molecular formula is C30H39N7OS. The molecule has 0 saturated carbocycles. The predicted octanol–water partition coefficient (Wildman–Crippen LogP) is 4.70. The molecule has 0 amide bonds. The van der Waals surface area contributed by atoms with E-state index in [4.69, 9.17) is 19.8 Å². The first-order chi connectivity index (χ1) is 19.1. The van der Waals surface area contributed by atoms with Crippen molar-refractivity contribution in [3.05, 3.63) is 57.9 Å². The van der Waals surface area contributed by atoms with Gasteiger partial charge in [-0.25, -0.2) is 14.7 Å². The van der Waals surface area contributed by atoms with Gasteiger partial charge in [-0.2, -0.15) is 5.10 Å². The molecule has 0 radical (unpaired) electrons. The molecule has 0 aliphatic carbocycles. The molecular weight excluding hydrogens is 506 g/mol. The molecule has 206 valence electrons. The van der Waals surface area contributed by atoms with Crippen LogP contribution in [0, 0.1) is 19.3 Å². The Labute approximate surface area is 235 Å². The molecule has 0 bridgehead atoms. The number of rotatable bonds is 5. The molecule has 6 rings (SSSR count). The monoisotopic (exact) mass is 545 g/mol. The van der Waals surface area contributed by atoms with Crippen molar-refractivity contribution < 1.29 is 4.74 Å². The molecule has 3 aliphatic rings. The van der Waals surface area contributed by atoms with Crippen molar-refractivity contribution in [2.45, 2.75) is 39.7 Å². The molecule has 1 aromatic carbocycles. The average Bonchev–Trinajstić information content (AvgIpc) is 3.68. The first-order valence-corrected chi connectivity index (χ1v) is 15.0. The fourth-order valence-corrected chi connectivity index (χ4v) is 6.93. The van der Waals surface area contributed by atoms with E-state index in [0.29, 0.717) is 11.4 Å². The van der Waals surface area contributed by atoms with Crippen molar-refractivity contribution in [1.29, 1.82) is 0 Å². The lowest BCUT2D eigenvalue weighted by atomic mass is 9.78. The van der Waals surface area contributed by atoms with Gasteiger partial charge >= 0.3 is 0 Å². The van der Waals surface area contributed by atoms with Gasteiger partial charge in [0, 0.05) is 48.2 Å². The fourth-order valence-electron chi connectivity index (χ4n) is 5.91. The largest absolute Gasteiger partial charge is 0.378 e. The minimum atomic E-state index is 0.522. The van der Waals surface area contributed by atoms with E-state index in [1.54, 1.807) is 4.68 Å². The Morgan fingerprint density at radius 1 is 1.13 bits per heavy atom. The van der Waals surface area contributed by atoms with Gasteiger partial charge in [0.1, 0.15) is 0 Å². The fraction of sp³-hybridized carbons (Fsp3) is 0.500. The van der Waals surface area contributed by atoms with Crippen LogP contribution in [-0.2, 0) is 11.3 Å². The average molecular weight is 546 g/mol. The Kier molecular flexibility index (Phi) is 7.92. The lowest BCUT2D eigenvalue weighted by Gasteiger charge is -2.33. The number of nitrogens with one attached hydrogen (secondary N) is 1. The summed E-state index contributed by atoms with van der Waals surface area (Å²) in [4.78, 5) is 16.1. The Hall–Kier alpha value is -2.85. The van der Waals surface area contributed by atoms with Crippen LogP contribution < -0.4 is 5.32 Å². The lowest BCUT2D eigenvalue weighted by molar-refractivity contribution is 0.0701. The topological polar surface area (TPSA) is 70.3 Å². The van der Waals surface area contributed by atoms with Gasteiger partial charge in [-0.05, 0) is 75.9 Å². The van der Waals surface area contributed by atoms with E-state index < -0.39 is 0 Å². The molecule has 0 unspecified atom stereocenters. The highest BCUT2D eigenvalue weighted by molar-refractivity contribution is 7.10. The van der Waals surface area contributed by atoms with Crippen LogP contribution in [-0.4, -0.2) is 84.4 Å². The molecule has 8 nitrogen and oxygen atoms in total. The van der Waals surface area contributed by atoms with Crippen LogP contribution >= 0.6 is 11.3 Å². The number of thiophene rings is 1. The van der Waals surface area contributed by atoms with Crippen LogP contribution in [0.15, 0.2) is 51.9 Å². The van der Waals surface area contributed by atoms with Gasteiger partial charge in [-0.15, -0.1) is 11.3 Å². The summed E-state index contributed by atoms with van der Waals surface area (Å²) in [5.74, 6) is 0.572. The first-order valence-electron chi connectivity index (χ1n) is 14.1. The highest BCUT2D eigenvalue weighted by atomic mass is 32.1. The second kappa shape index (κ2) is 11.7. The Morgan fingerprint density at radius 3 is 2.79 bits per heavy atom. The third-order valence-electron chi connectivity index (χ3n) is 8.37. The van der Waals surface area contributed by atoms with Gasteiger partial charge < -0.3 is 15.0 Å². The number of aryl methyl sites for hydroxylation is 1. The summed E-state index contributed by atoms with van der Waals surface area (Å²) in [6.07, 6.45) is 7.79. The highest BCUT2D eigenvalue weighted by Gasteiger charge is 2.38. The van der Waals surface area contributed by atoms with Crippen LogP contribution in [0.1, 0.15) is 35.3 Å². The van der Waals surface area contributed by atoms with Gasteiger partial charge in [0.25, 0.3) is 5.96 Å². The molecule has 3 saturated heterocycles. The highest BCUT2D eigenvalue weighted by Crippen LogP contribution is 2.40. The van der Waals surface area contributed by atoms with Gasteiger partial charge in [-0.3, -0.25) is 4.90 Å². The number of ether oxygens (including phenoxy) is 1. The first kappa shape index (κ1) is 26.4. The maximum atomic E-state index is 5.50. The van der Waals surface area contributed by atoms with Crippen molar-refractivity contribution in [1.82, 2.24) is 24.9 Å². The maximum absolute atomic E-state index is 5.50. The normalized spacial score (nSPS) is 20.5. The summed E-state index contributed by atoms with van der Waals surface area (Å²) in [6, 6.07) is 10.5. The van der Waals surface area contributed by atoms with Crippen molar-refractivity contribution in [3.8, 4) is 11.3 Å². The van der Waals surface area contributed by atoms with E-state index in [9.17, 15) is 0 Å². The van der Waals surface area contributed by atoms with Crippen molar-refractivity contribution >= 4 is 29.3 Å². The molecule has 9 heteroatoms. The number of likely N-dealkylation sites (tertiary alicyclic amines) is 1. The number of piperidine rings is 1. The summed E-state index contributed by atoms with van der Waals surface area (Å²) in [5, 5.41) is 10.6. The number of benzene rings is 1. The van der Waals surface area contributed by atoms with E-state index in [0.717, 1.165) is 62.9 Å². The summed E-state index contributed by atoms with van der Waals surface area (Å²) in [6.45, 7) is 13.2. The zero-order chi connectivity index (χ0) is 26.7. The van der Waals surface area contributed by atoms with Crippen LogP contribution in [0.2, 0.25) is 0 Å². The smallest absolute Gasteiger partial charge is 0.252 e. The SMILES string of the molecule is Cc1cccc(-c2ccn(C(/N=C/N3CCOCC3)=N/c3csc(CN4CCC5(CCNCC5)C4)c3C)n2)c1. The molecule has 1 N–H and O–H groups in total. The van der Waals surface area contributed by atoms with E-state index in [1.807, 2.05) is 29.9 Å². The summed E-state index contributed by atoms with van der Waals surface area (Å²) >= 11 is 1.82. The maximum Gasteiger partial charge on any atom is 0.252 e. The second-order valence-electron chi connectivity index (χ2n) is 11.2. The number of morpholine rings is 1. The number of hydrogen-bond donors (Lipinski definition) is 1. The lowest BCUT2D eigenvalue weighted by Crippen LogP contribution is -2.38. The Balaban J connectivity index is 1.24. The number of nitrogens with zero attached hydrogens (tertiary/aromatic N) is 6.